The van der Waals surface area contributed by atoms with Crippen molar-refractivity contribution in [1.82, 2.24) is 3.96 Å². The molecule has 0 aromatic heterocycles. The third-order valence-corrected chi connectivity index (χ3v) is 4.61. The second-order valence-electron chi connectivity index (χ2n) is 4.80. The highest BCUT2D eigenvalue weighted by atomic mass is 32.1. The fourth-order valence-electron chi connectivity index (χ4n) is 2.51. The molecule has 0 amide bonds. The number of hydrogen-bond donors (Lipinski definition) is 0. The molecule has 2 aromatic carbocycles. The molecule has 0 saturated heterocycles. The molecule has 92 valence electrons. The Hall–Kier alpha value is -2.13. The van der Waals surface area contributed by atoms with Crippen LogP contribution >= 0.6 is 11.5 Å². The number of aromatic nitrogens is 1. The van der Waals surface area contributed by atoms with E-state index in [0.29, 0.717) is 0 Å². The lowest BCUT2D eigenvalue weighted by Crippen LogP contribution is -2.00. The fourth-order valence-corrected chi connectivity index (χ4v) is 3.56. The number of aryl methyl sites for hydroxylation is 1. The number of nitrogens with zero attached hydrogens (tertiary/aromatic N) is 1. The highest BCUT2D eigenvalue weighted by Crippen LogP contribution is 2.28. The third-order valence-electron chi connectivity index (χ3n) is 3.47. The maximum absolute atomic E-state index is 12.4. The molecule has 2 aromatic rings. The Labute approximate surface area is 114 Å². The lowest BCUT2D eigenvalue weighted by atomic mass is 10.2. The van der Waals surface area contributed by atoms with Crippen molar-refractivity contribution in [3.8, 4) is 5.69 Å². The van der Waals surface area contributed by atoms with Crippen molar-refractivity contribution in [2.75, 3.05) is 0 Å². The Morgan fingerprint density at radius 1 is 1.05 bits per heavy atom. The van der Waals surface area contributed by atoms with E-state index >= 15 is 0 Å². The summed E-state index contributed by atoms with van der Waals surface area (Å²) in [4.78, 5) is 12.4. The van der Waals surface area contributed by atoms with Crippen LogP contribution < -0.4 is 5.43 Å². The van der Waals surface area contributed by atoms with Gasteiger partial charge >= 0.3 is 0 Å². The molecule has 2 aliphatic rings. The van der Waals surface area contributed by atoms with Gasteiger partial charge in [0.2, 0.25) is 5.43 Å². The summed E-state index contributed by atoms with van der Waals surface area (Å²) in [6, 6.07) is 16.2. The minimum atomic E-state index is 0.122. The van der Waals surface area contributed by atoms with Gasteiger partial charge in [-0.3, -0.25) is 8.75 Å². The molecule has 2 aliphatic heterocycles. The average Bonchev–Trinajstić information content (AvgIpc) is 2.69. The summed E-state index contributed by atoms with van der Waals surface area (Å²) >= 11 is 1.63. The molecule has 0 spiro atoms. The van der Waals surface area contributed by atoms with Gasteiger partial charge in [-0.1, -0.05) is 35.8 Å². The van der Waals surface area contributed by atoms with Crippen molar-refractivity contribution in [3.05, 3.63) is 64.3 Å². The Bertz CT molecular complexity index is 948. The lowest BCUT2D eigenvalue weighted by Gasteiger charge is -2.05. The summed E-state index contributed by atoms with van der Waals surface area (Å²) in [5.74, 6) is 0. The lowest BCUT2D eigenvalue weighted by molar-refractivity contribution is 1.27. The van der Waals surface area contributed by atoms with Crippen LogP contribution in [0.2, 0.25) is 0 Å². The first kappa shape index (κ1) is 10.8. The first-order valence-corrected chi connectivity index (χ1v) is 6.95. The van der Waals surface area contributed by atoms with Gasteiger partial charge in [-0.15, -0.1) is 0 Å². The molecule has 3 heteroatoms. The van der Waals surface area contributed by atoms with Gasteiger partial charge in [0.25, 0.3) is 0 Å². The summed E-state index contributed by atoms with van der Waals surface area (Å²) in [6.45, 7) is 2.05. The van der Waals surface area contributed by atoms with E-state index < -0.39 is 0 Å². The predicted octanol–water partition coefficient (Wildman–Crippen LogP) is 3.95. The van der Waals surface area contributed by atoms with Crippen LogP contribution in [0.5, 0.6) is 0 Å². The summed E-state index contributed by atoms with van der Waals surface area (Å²) in [5, 5.41) is 1.92. The molecule has 0 bridgehead atoms. The van der Waals surface area contributed by atoms with Crippen molar-refractivity contribution < 1.29 is 0 Å². The minimum Gasteiger partial charge on any atom is -0.287 e. The van der Waals surface area contributed by atoms with Crippen molar-refractivity contribution in [1.29, 1.82) is 0 Å². The molecule has 0 saturated carbocycles. The topological polar surface area (TPSA) is 22.0 Å². The second kappa shape index (κ2) is 3.68. The molecule has 2 nitrogen and oxygen atoms in total. The SMILES string of the molecule is Cc1ccc2c(=O)c3cc4ccccc4sn-3c2c1. The van der Waals surface area contributed by atoms with E-state index in [4.69, 9.17) is 0 Å². The average molecular weight is 265 g/mol. The van der Waals surface area contributed by atoms with Crippen LogP contribution in [0.15, 0.2) is 53.3 Å². The Kier molecular flexibility index (Phi) is 2.09. The van der Waals surface area contributed by atoms with Crippen LogP contribution in [0, 0.1) is 6.92 Å². The predicted molar refractivity (Wildman–Crippen MR) is 80.9 cm³/mol. The van der Waals surface area contributed by atoms with E-state index in [9.17, 15) is 4.79 Å². The normalized spacial score (nSPS) is 11.6. The highest BCUT2D eigenvalue weighted by Gasteiger charge is 2.15. The summed E-state index contributed by atoms with van der Waals surface area (Å²) in [7, 11) is 0. The molecule has 2 heterocycles. The van der Waals surface area contributed by atoms with E-state index in [-0.39, 0.29) is 5.43 Å². The van der Waals surface area contributed by atoms with Crippen LogP contribution in [0.4, 0.5) is 0 Å². The third kappa shape index (κ3) is 1.45. The Morgan fingerprint density at radius 2 is 1.89 bits per heavy atom. The molecule has 4 rings (SSSR count). The van der Waals surface area contributed by atoms with Crippen molar-refractivity contribution in [2.45, 2.75) is 6.92 Å². The summed E-state index contributed by atoms with van der Waals surface area (Å²) in [6.07, 6.45) is 0. The van der Waals surface area contributed by atoms with Gasteiger partial charge in [0.15, 0.2) is 0 Å². The minimum absolute atomic E-state index is 0.122. The van der Waals surface area contributed by atoms with Crippen molar-refractivity contribution in [2.24, 2.45) is 0 Å². The molecule has 0 fully saturated rings. The number of rotatable bonds is 0. The number of hydrogen-bond acceptors (Lipinski definition) is 2. The van der Waals surface area contributed by atoms with Crippen LogP contribution in [0.1, 0.15) is 5.56 Å². The van der Waals surface area contributed by atoms with E-state index in [1.54, 1.807) is 11.5 Å². The Balaban J connectivity index is 2.30. The van der Waals surface area contributed by atoms with Gasteiger partial charge in [-0.05, 0) is 42.1 Å². The van der Waals surface area contributed by atoms with E-state index in [2.05, 4.69) is 19.1 Å². The van der Waals surface area contributed by atoms with Crippen LogP contribution in [-0.4, -0.2) is 3.96 Å². The molecule has 0 unspecified atom stereocenters. The molecule has 0 aliphatic carbocycles. The van der Waals surface area contributed by atoms with E-state index in [0.717, 1.165) is 22.0 Å². The first-order valence-electron chi connectivity index (χ1n) is 6.18. The van der Waals surface area contributed by atoms with Gasteiger partial charge in [-0.2, -0.15) is 0 Å². The van der Waals surface area contributed by atoms with Crippen LogP contribution in [0.25, 0.3) is 26.7 Å². The van der Waals surface area contributed by atoms with Gasteiger partial charge in [0.1, 0.15) is 5.69 Å². The van der Waals surface area contributed by atoms with Gasteiger partial charge in [-0.25, -0.2) is 0 Å². The largest absolute Gasteiger partial charge is 0.287 e. The van der Waals surface area contributed by atoms with Crippen LogP contribution in [0.3, 0.4) is 0 Å². The van der Waals surface area contributed by atoms with Gasteiger partial charge in [0.05, 0.1) is 10.2 Å². The smallest absolute Gasteiger partial charge is 0.212 e. The van der Waals surface area contributed by atoms with Gasteiger partial charge < -0.3 is 0 Å². The monoisotopic (exact) mass is 265 g/mol. The molecule has 0 N–H and O–H groups in total. The zero-order valence-corrected chi connectivity index (χ0v) is 11.2. The zero-order chi connectivity index (χ0) is 13.0. The van der Waals surface area contributed by atoms with E-state index in [1.165, 1.54) is 10.3 Å². The maximum atomic E-state index is 12.4. The zero-order valence-electron chi connectivity index (χ0n) is 10.4. The first-order chi connectivity index (χ1) is 9.24. The molecule has 19 heavy (non-hydrogen) atoms. The number of fused-ring (bicyclic) bond motifs is 4. The quantitative estimate of drug-likeness (QED) is 0.472. The molecular formula is C16H11NOS. The highest BCUT2D eigenvalue weighted by molar-refractivity contribution is 7.14. The molecule has 0 radical (unpaired) electrons. The maximum Gasteiger partial charge on any atom is 0.212 e. The standard InChI is InChI=1S/C16H11NOS/c1-10-6-7-12-13(8-10)17-14(16(12)18)9-11-4-2-3-5-15(11)19-17/h2-9H,1H3. The van der Waals surface area contributed by atoms with Gasteiger partial charge in [0, 0.05) is 5.39 Å². The van der Waals surface area contributed by atoms with Crippen molar-refractivity contribution >= 4 is 32.5 Å². The Morgan fingerprint density at radius 3 is 2.79 bits per heavy atom. The van der Waals surface area contributed by atoms with Crippen LogP contribution in [-0.2, 0) is 0 Å². The molecule has 0 atom stereocenters. The second-order valence-corrected chi connectivity index (χ2v) is 5.79. The van der Waals surface area contributed by atoms with E-state index in [1.807, 2.05) is 40.4 Å². The van der Waals surface area contributed by atoms with Crippen molar-refractivity contribution in [3.63, 3.8) is 0 Å². The fraction of sp³-hybridized carbons (Fsp3) is 0.0625. The summed E-state index contributed by atoms with van der Waals surface area (Å²) in [5.41, 5.74) is 3.07. The summed E-state index contributed by atoms with van der Waals surface area (Å²) < 4.78 is 3.24. The number of benzene rings is 2. The molecular weight excluding hydrogens is 254 g/mol.